The van der Waals surface area contributed by atoms with Crippen molar-refractivity contribution in [2.75, 3.05) is 25.2 Å². The van der Waals surface area contributed by atoms with E-state index in [2.05, 4.69) is 20.3 Å². The lowest BCUT2D eigenvalue weighted by atomic mass is 10.3. The molecule has 6 heteroatoms. The Kier molecular flexibility index (Phi) is 7.17. The molecule has 0 saturated carbocycles. The van der Waals surface area contributed by atoms with Crippen LogP contribution in [0.5, 0.6) is 0 Å². The SMILES string of the molecule is CN(C)/C=N/S(=O)(=O)CCCCCBr. The van der Waals surface area contributed by atoms with Gasteiger partial charge in [0.2, 0.25) is 0 Å². The molecular weight excluding hydrogens is 268 g/mol. The second-order valence-corrected chi connectivity index (χ2v) is 5.80. The maximum absolute atomic E-state index is 11.3. The van der Waals surface area contributed by atoms with Gasteiger partial charge in [0.15, 0.2) is 0 Å². The highest BCUT2D eigenvalue weighted by atomic mass is 79.9. The molecule has 0 aromatic carbocycles. The van der Waals surface area contributed by atoms with Crippen molar-refractivity contribution >= 4 is 32.3 Å². The fourth-order valence-electron chi connectivity index (χ4n) is 0.775. The number of hydrogen-bond acceptors (Lipinski definition) is 2. The van der Waals surface area contributed by atoms with E-state index in [0.29, 0.717) is 6.42 Å². The van der Waals surface area contributed by atoms with Gasteiger partial charge in [0.25, 0.3) is 10.0 Å². The molecular formula is C8H17BrN2O2S. The summed E-state index contributed by atoms with van der Waals surface area (Å²) in [6, 6.07) is 0. The molecule has 0 aromatic rings. The van der Waals surface area contributed by atoms with Crippen LogP contribution < -0.4 is 0 Å². The molecule has 0 amide bonds. The molecule has 0 spiro atoms. The van der Waals surface area contributed by atoms with Crippen molar-refractivity contribution in [3.8, 4) is 0 Å². The van der Waals surface area contributed by atoms with Gasteiger partial charge in [-0.25, -0.2) is 8.42 Å². The Labute approximate surface area is 94.6 Å². The second-order valence-electron chi connectivity index (χ2n) is 3.22. The van der Waals surface area contributed by atoms with Gasteiger partial charge in [-0.05, 0) is 12.8 Å². The van der Waals surface area contributed by atoms with E-state index in [-0.39, 0.29) is 5.75 Å². The zero-order chi connectivity index (χ0) is 11.0. The molecule has 14 heavy (non-hydrogen) atoms. The van der Waals surface area contributed by atoms with Crippen molar-refractivity contribution < 1.29 is 8.42 Å². The molecule has 0 radical (unpaired) electrons. The summed E-state index contributed by atoms with van der Waals surface area (Å²) < 4.78 is 26.0. The number of alkyl halides is 1. The lowest BCUT2D eigenvalue weighted by Gasteiger charge is -2.02. The molecule has 84 valence electrons. The Hall–Kier alpha value is -0.100. The van der Waals surface area contributed by atoms with Crippen LogP contribution in [0.3, 0.4) is 0 Å². The van der Waals surface area contributed by atoms with Crippen molar-refractivity contribution in [2.24, 2.45) is 4.40 Å². The van der Waals surface area contributed by atoms with Gasteiger partial charge in [0, 0.05) is 19.4 Å². The van der Waals surface area contributed by atoms with Crippen LogP contribution in [-0.4, -0.2) is 44.8 Å². The average Bonchev–Trinajstić information content (AvgIpc) is 2.10. The number of rotatable bonds is 7. The Morgan fingerprint density at radius 3 is 2.43 bits per heavy atom. The van der Waals surface area contributed by atoms with Gasteiger partial charge in [-0.1, -0.05) is 22.4 Å². The van der Waals surface area contributed by atoms with E-state index in [4.69, 9.17) is 0 Å². The van der Waals surface area contributed by atoms with E-state index in [0.717, 1.165) is 18.2 Å². The van der Waals surface area contributed by atoms with E-state index < -0.39 is 10.0 Å². The molecule has 0 heterocycles. The van der Waals surface area contributed by atoms with Crippen molar-refractivity contribution in [3.63, 3.8) is 0 Å². The maximum Gasteiger partial charge on any atom is 0.254 e. The molecule has 0 rings (SSSR count). The third-order valence-electron chi connectivity index (χ3n) is 1.47. The lowest BCUT2D eigenvalue weighted by Crippen LogP contribution is -2.11. The van der Waals surface area contributed by atoms with E-state index in [9.17, 15) is 8.42 Å². The van der Waals surface area contributed by atoms with Crippen LogP contribution in [-0.2, 0) is 10.0 Å². The fraction of sp³-hybridized carbons (Fsp3) is 0.875. The Morgan fingerprint density at radius 1 is 1.29 bits per heavy atom. The molecule has 4 nitrogen and oxygen atoms in total. The molecule has 0 atom stereocenters. The Bertz CT molecular complexity index is 263. The van der Waals surface area contributed by atoms with Crippen molar-refractivity contribution in [1.29, 1.82) is 0 Å². The molecule has 0 unspecified atom stereocenters. The smallest absolute Gasteiger partial charge is 0.254 e. The number of nitrogens with zero attached hydrogens (tertiary/aromatic N) is 2. The van der Waals surface area contributed by atoms with Crippen LogP contribution in [0, 0.1) is 0 Å². The molecule has 0 aromatic heterocycles. The predicted octanol–water partition coefficient (Wildman–Crippen LogP) is 1.47. The lowest BCUT2D eigenvalue weighted by molar-refractivity contribution is 0.590. The van der Waals surface area contributed by atoms with Gasteiger partial charge in [0.1, 0.15) is 6.34 Å². The molecule has 0 aliphatic rings. The van der Waals surface area contributed by atoms with E-state index in [1.165, 1.54) is 6.34 Å². The van der Waals surface area contributed by atoms with Crippen LogP contribution >= 0.6 is 15.9 Å². The highest BCUT2D eigenvalue weighted by Gasteiger charge is 2.06. The molecule has 0 fully saturated rings. The summed E-state index contributed by atoms with van der Waals surface area (Å²) in [5.41, 5.74) is 0. The van der Waals surface area contributed by atoms with Gasteiger partial charge in [-0.2, -0.15) is 4.40 Å². The third kappa shape index (κ3) is 8.50. The van der Waals surface area contributed by atoms with E-state index in [1.807, 2.05) is 0 Å². The van der Waals surface area contributed by atoms with Gasteiger partial charge in [0.05, 0.1) is 5.75 Å². The predicted molar refractivity (Wildman–Crippen MR) is 63.6 cm³/mol. The van der Waals surface area contributed by atoms with E-state index in [1.54, 1.807) is 19.0 Å². The summed E-state index contributed by atoms with van der Waals surface area (Å²) in [4.78, 5) is 1.61. The second kappa shape index (κ2) is 7.23. The minimum atomic E-state index is -3.24. The largest absolute Gasteiger partial charge is 0.368 e. The Morgan fingerprint density at radius 2 is 1.93 bits per heavy atom. The summed E-state index contributed by atoms with van der Waals surface area (Å²) in [5, 5.41) is 0.925. The molecule has 0 aliphatic heterocycles. The summed E-state index contributed by atoms with van der Waals surface area (Å²) in [6.45, 7) is 0. The zero-order valence-electron chi connectivity index (χ0n) is 8.61. The monoisotopic (exact) mass is 284 g/mol. The van der Waals surface area contributed by atoms with Crippen LogP contribution in [0.25, 0.3) is 0 Å². The number of hydrogen-bond donors (Lipinski definition) is 0. The maximum atomic E-state index is 11.3. The number of halogens is 1. The quantitative estimate of drug-likeness (QED) is 0.308. The fourth-order valence-corrected chi connectivity index (χ4v) is 2.18. The molecule has 0 saturated heterocycles. The number of sulfonamides is 1. The van der Waals surface area contributed by atoms with Gasteiger partial charge in [-0.15, -0.1) is 0 Å². The van der Waals surface area contributed by atoms with Gasteiger partial charge >= 0.3 is 0 Å². The average molecular weight is 285 g/mol. The topological polar surface area (TPSA) is 49.7 Å². The molecule has 0 aliphatic carbocycles. The minimum Gasteiger partial charge on any atom is -0.368 e. The Balaban J connectivity index is 3.85. The van der Waals surface area contributed by atoms with Gasteiger partial charge < -0.3 is 4.90 Å². The van der Waals surface area contributed by atoms with Crippen molar-refractivity contribution in [3.05, 3.63) is 0 Å². The summed E-state index contributed by atoms with van der Waals surface area (Å²) in [6.07, 6.45) is 3.92. The van der Waals surface area contributed by atoms with Crippen LogP contribution in [0.15, 0.2) is 4.40 Å². The minimum absolute atomic E-state index is 0.143. The first-order valence-corrected chi connectivity index (χ1v) is 7.21. The molecule has 0 N–H and O–H groups in total. The van der Waals surface area contributed by atoms with Crippen LogP contribution in [0.1, 0.15) is 19.3 Å². The van der Waals surface area contributed by atoms with Crippen molar-refractivity contribution in [2.45, 2.75) is 19.3 Å². The third-order valence-corrected chi connectivity index (χ3v) is 3.26. The normalized spacial score (nSPS) is 12.2. The van der Waals surface area contributed by atoms with Crippen molar-refractivity contribution in [1.82, 2.24) is 4.90 Å². The zero-order valence-corrected chi connectivity index (χ0v) is 11.0. The summed E-state index contributed by atoms with van der Waals surface area (Å²) in [5.74, 6) is 0.143. The van der Waals surface area contributed by atoms with Crippen LogP contribution in [0.4, 0.5) is 0 Å². The van der Waals surface area contributed by atoms with Crippen LogP contribution in [0.2, 0.25) is 0 Å². The van der Waals surface area contributed by atoms with E-state index >= 15 is 0 Å². The standard InChI is InChI=1S/C8H17BrN2O2S/c1-11(2)8-10-14(12,13)7-5-3-4-6-9/h8H,3-7H2,1-2H3/b10-8+. The highest BCUT2D eigenvalue weighted by Crippen LogP contribution is 2.02. The first-order chi connectivity index (χ1) is 6.48. The first kappa shape index (κ1) is 13.9. The first-order valence-electron chi connectivity index (χ1n) is 4.48. The van der Waals surface area contributed by atoms with Gasteiger partial charge in [-0.3, -0.25) is 0 Å². The highest BCUT2D eigenvalue weighted by molar-refractivity contribution is 9.09. The summed E-state index contributed by atoms with van der Waals surface area (Å²) in [7, 11) is 0.235. The molecule has 0 bridgehead atoms. The number of unbranched alkanes of at least 4 members (excludes halogenated alkanes) is 2. The summed E-state index contributed by atoms with van der Waals surface area (Å²) >= 11 is 3.29.